The molecule has 5 heteroatoms. The maximum absolute atomic E-state index is 0. The zero-order valence-corrected chi connectivity index (χ0v) is 7.30. The minimum atomic E-state index is 0. The van der Waals surface area contributed by atoms with E-state index in [0.717, 1.165) is 0 Å². The second-order valence-corrected chi connectivity index (χ2v) is 0. The predicted molar refractivity (Wildman–Crippen MR) is 2.06 cm³/mol. The Morgan fingerprint density at radius 2 is 0.600 bits per heavy atom. The van der Waals surface area contributed by atoms with Crippen molar-refractivity contribution in [2.45, 2.75) is 0 Å². The summed E-state index contributed by atoms with van der Waals surface area (Å²) in [5.74, 6) is 0. The maximum Gasteiger partial charge on any atom is 0 e. The van der Waals surface area contributed by atoms with Crippen LogP contribution in [0.5, 0.6) is 0 Å². The van der Waals surface area contributed by atoms with Gasteiger partial charge in [0.05, 0.1) is 0 Å². The average molecular weight is 325 g/mol. The van der Waals surface area contributed by atoms with Crippen LogP contribution in [-0.4, -0.2) is 0 Å². The standard InChI is InChI=1S/Mo.3O.Ta/q;3*-2;. The van der Waals surface area contributed by atoms with Crippen molar-refractivity contribution < 1.29 is 59.9 Å². The van der Waals surface area contributed by atoms with Gasteiger partial charge in [-0.2, -0.15) is 0 Å². The molecule has 0 fully saturated rings. The van der Waals surface area contributed by atoms with Gasteiger partial charge in [-0.15, -0.1) is 0 Å². The zero-order chi connectivity index (χ0) is 0. The minimum absolute atomic E-state index is 0. The van der Waals surface area contributed by atoms with Gasteiger partial charge in [0, 0.05) is 43.4 Å². The molecule has 0 heterocycles. The Labute approximate surface area is 59.8 Å². The molecule has 0 rings (SSSR count). The van der Waals surface area contributed by atoms with Gasteiger partial charge in [-0.1, -0.05) is 0 Å². The Morgan fingerprint density at radius 3 is 0.600 bits per heavy atom. The van der Waals surface area contributed by atoms with Gasteiger partial charge in [-0.3, -0.25) is 0 Å². The fraction of sp³-hybridized carbons (Fsp3) is 0. The normalized spacial score (nSPS) is 0. The molecule has 1 radical (unpaired) electrons. The van der Waals surface area contributed by atoms with Crippen LogP contribution < -0.4 is 0 Å². The quantitative estimate of drug-likeness (QED) is 0.545. The number of hydrogen-bond acceptors (Lipinski definition) is 0. The molecule has 0 aliphatic rings. The first-order valence-electron chi connectivity index (χ1n) is 0. The van der Waals surface area contributed by atoms with Crippen molar-refractivity contribution in [2.24, 2.45) is 0 Å². The molecule has 0 spiro atoms. The summed E-state index contributed by atoms with van der Waals surface area (Å²) in [4.78, 5) is 0. The van der Waals surface area contributed by atoms with E-state index in [-0.39, 0.29) is 59.9 Å². The number of rotatable bonds is 0. The SMILES string of the molecule is [Mo].[O-2].[O-2].[O-2].[Ta]. The van der Waals surface area contributed by atoms with Gasteiger partial charge >= 0.3 is 0 Å². The molecule has 0 atom stereocenters. The molecular weight excluding hydrogens is 325 g/mol. The van der Waals surface area contributed by atoms with Crippen LogP contribution in [0.3, 0.4) is 0 Å². The summed E-state index contributed by atoms with van der Waals surface area (Å²) in [6.07, 6.45) is 0. The molecule has 0 N–H and O–H groups in total. The van der Waals surface area contributed by atoms with Crippen molar-refractivity contribution in [3.63, 3.8) is 0 Å². The molecule has 5 heavy (non-hydrogen) atoms. The van der Waals surface area contributed by atoms with E-state index in [4.69, 9.17) is 0 Å². The van der Waals surface area contributed by atoms with Crippen molar-refractivity contribution in [1.82, 2.24) is 0 Å². The number of hydrogen-bond donors (Lipinski definition) is 0. The van der Waals surface area contributed by atoms with Crippen molar-refractivity contribution in [1.29, 1.82) is 0 Å². The molecule has 0 aliphatic carbocycles. The first-order valence-corrected chi connectivity index (χ1v) is 0. The minimum Gasteiger partial charge on any atom is -2.00 e. The molecule has 0 aromatic carbocycles. The van der Waals surface area contributed by atoms with Crippen molar-refractivity contribution in [3.05, 3.63) is 0 Å². The molecule has 0 aromatic heterocycles. The van der Waals surface area contributed by atoms with Gasteiger partial charge in [0.2, 0.25) is 0 Å². The van der Waals surface area contributed by atoms with Crippen LogP contribution in [0.1, 0.15) is 0 Å². The summed E-state index contributed by atoms with van der Waals surface area (Å²) < 4.78 is 0. The Hall–Kier alpha value is 1.31. The molecule has 0 saturated heterocycles. The summed E-state index contributed by atoms with van der Waals surface area (Å²) >= 11 is 0. The molecule has 0 amide bonds. The molecule has 0 bridgehead atoms. The van der Waals surface area contributed by atoms with E-state index < -0.39 is 0 Å². The molecule has 0 aliphatic heterocycles. The van der Waals surface area contributed by atoms with E-state index in [0.29, 0.717) is 0 Å². The van der Waals surface area contributed by atoms with E-state index in [1.807, 2.05) is 0 Å². The summed E-state index contributed by atoms with van der Waals surface area (Å²) in [6.45, 7) is 0. The van der Waals surface area contributed by atoms with Crippen LogP contribution in [0.2, 0.25) is 0 Å². The van der Waals surface area contributed by atoms with Gasteiger partial charge in [0.15, 0.2) is 0 Å². The third kappa shape index (κ3) is 33.9. The largest absolute Gasteiger partial charge is 2.00 e. The van der Waals surface area contributed by atoms with Gasteiger partial charge in [-0.25, -0.2) is 0 Å². The Balaban J connectivity index is 0. The van der Waals surface area contributed by atoms with E-state index in [1.54, 1.807) is 0 Å². The molecule has 3 nitrogen and oxygen atoms in total. The van der Waals surface area contributed by atoms with Crippen LogP contribution >= 0.6 is 0 Å². The molecule has 0 saturated carbocycles. The van der Waals surface area contributed by atoms with Crippen molar-refractivity contribution >= 4 is 0 Å². The molecular formula is MoO3Ta-6. The third-order valence-corrected chi connectivity index (χ3v) is 0. The van der Waals surface area contributed by atoms with Crippen LogP contribution in [0.15, 0.2) is 0 Å². The monoisotopic (exact) mass is 327 g/mol. The van der Waals surface area contributed by atoms with Crippen LogP contribution in [0.25, 0.3) is 0 Å². The van der Waals surface area contributed by atoms with Gasteiger partial charge < -0.3 is 16.4 Å². The summed E-state index contributed by atoms with van der Waals surface area (Å²) in [6, 6.07) is 0. The van der Waals surface area contributed by atoms with Gasteiger partial charge in [0.25, 0.3) is 0 Å². The average Bonchev–Trinajstić information content (AvgIpc) is 0. The smallest absolute Gasteiger partial charge is 0 e. The maximum atomic E-state index is 0. The van der Waals surface area contributed by atoms with Gasteiger partial charge in [0.1, 0.15) is 0 Å². The Bertz CT molecular complexity index is 6.85. The first-order chi connectivity index (χ1) is 0. The van der Waals surface area contributed by atoms with E-state index in [9.17, 15) is 0 Å². The summed E-state index contributed by atoms with van der Waals surface area (Å²) in [7, 11) is 0. The Morgan fingerprint density at radius 1 is 0.600 bits per heavy atom. The molecule has 0 aromatic rings. The Kier molecular flexibility index (Phi) is 1200. The van der Waals surface area contributed by atoms with Crippen molar-refractivity contribution in [3.8, 4) is 0 Å². The molecule has 35 valence electrons. The topological polar surface area (TPSA) is 85.5 Å². The first kappa shape index (κ1) is 104. The fourth-order valence-electron chi connectivity index (χ4n) is 0. The predicted octanol–water partition coefficient (Wildman–Crippen LogP) is -0.361. The van der Waals surface area contributed by atoms with Crippen LogP contribution in [-0.2, 0) is 59.9 Å². The summed E-state index contributed by atoms with van der Waals surface area (Å²) in [5, 5.41) is 0. The van der Waals surface area contributed by atoms with E-state index >= 15 is 0 Å². The van der Waals surface area contributed by atoms with E-state index in [1.165, 1.54) is 0 Å². The second kappa shape index (κ2) is 57.6. The van der Waals surface area contributed by atoms with E-state index in [2.05, 4.69) is 0 Å². The van der Waals surface area contributed by atoms with Crippen molar-refractivity contribution in [2.75, 3.05) is 0 Å². The van der Waals surface area contributed by atoms with Gasteiger partial charge in [-0.05, 0) is 0 Å². The van der Waals surface area contributed by atoms with Crippen LogP contribution in [0, 0.1) is 0 Å². The zero-order valence-electron chi connectivity index (χ0n) is 2.08. The third-order valence-electron chi connectivity index (χ3n) is 0. The summed E-state index contributed by atoms with van der Waals surface area (Å²) in [5.41, 5.74) is 0. The second-order valence-electron chi connectivity index (χ2n) is 0. The van der Waals surface area contributed by atoms with Crippen LogP contribution in [0.4, 0.5) is 0 Å². The molecule has 0 unspecified atom stereocenters. The fourth-order valence-corrected chi connectivity index (χ4v) is 0.